The van der Waals surface area contributed by atoms with Crippen LogP contribution in [0.25, 0.3) is 11.3 Å². The molecule has 2 aromatic rings. The first kappa shape index (κ1) is 12.1. The highest BCUT2D eigenvalue weighted by atomic mass is 16.6. The van der Waals surface area contributed by atoms with Crippen LogP contribution in [0.3, 0.4) is 0 Å². The van der Waals surface area contributed by atoms with Crippen LogP contribution in [-0.2, 0) is 6.42 Å². The Morgan fingerprint density at radius 3 is 2.83 bits per heavy atom. The van der Waals surface area contributed by atoms with Crippen LogP contribution in [0.15, 0.2) is 22.7 Å². The molecule has 0 fully saturated rings. The monoisotopic (exact) mass is 247 g/mol. The Labute approximate surface area is 104 Å². The molecule has 0 atom stereocenters. The summed E-state index contributed by atoms with van der Waals surface area (Å²) in [4.78, 5) is 10.4. The van der Waals surface area contributed by atoms with E-state index in [0.717, 1.165) is 11.1 Å². The van der Waals surface area contributed by atoms with Crippen LogP contribution in [0.2, 0.25) is 0 Å². The van der Waals surface area contributed by atoms with Crippen molar-refractivity contribution in [3.8, 4) is 11.3 Å². The number of nitro groups is 1. The molecule has 2 N–H and O–H groups in total. The van der Waals surface area contributed by atoms with E-state index < -0.39 is 4.92 Å². The molecule has 0 amide bonds. The van der Waals surface area contributed by atoms with Gasteiger partial charge in [-0.15, -0.1) is 0 Å². The maximum atomic E-state index is 10.8. The summed E-state index contributed by atoms with van der Waals surface area (Å²) in [6.45, 7) is 3.79. The molecule has 1 aromatic heterocycles. The third-order valence-corrected chi connectivity index (χ3v) is 2.85. The smallest absolute Gasteiger partial charge is 0.270 e. The van der Waals surface area contributed by atoms with Gasteiger partial charge < -0.3 is 10.3 Å². The van der Waals surface area contributed by atoms with Gasteiger partial charge in [-0.25, -0.2) is 0 Å². The maximum Gasteiger partial charge on any atom is 0.270 e. The first-order valence-corrected chi connectivity index (χ1v) is 5.54. The lowest BCUT2D eigenvalue weighted by molar-refractivity contribution is -0.384. The van der Waals surface area contributed by atoms with Crippen molar-refractivity contribution in [3.05, 3.63) is 39.4 Å². The summed E-state index contributed by atoms with van der Waals surface area (Å²) in [5.74, 6) is 0.842. The summed E-state index contributed by atoms with van der Waals surface area (Å²) in [6.07, 6.45) is 0.660. The molecule has 1 heterocycles. The zero-order valence-corrected chi connectivity index (χ0v) is 10.1. The van der Waals surface area contributed by atoms with Gasteiger partial charge >= 0.3 is 0 Å². The highest BCUT2D eigenvalue weighted by Crippen LogP contribution is 2.32. The molecule has 0 spiro atoms. The molecular formula is C12H13N3O3. The van der Waals surface area contributed by atoms with Gasteiger partial charge in [-0.1, -0.05) is 18.1 Å². The summed E-state index contributed by atoms with van der Waals surface area (Å²) in [7, 11) is 0. The van der Waals surface area contributed by atoms with Crippen molar-refractivity contribution in [2.45, 2.75) is 20.3 Å². The Balaban J connectivity index is 2.62. The number of nitrogens with zero attached hydrogens (tertiary/aromatic N) is 2. The van der Waals surface area contributed by atoms with Gasteiger partial charge in [0.2, 0.25) is 0 Å². The van der Waals surface area contributed by atoms with Gasteiger partial charge in [-0.05, 0) is 18.9 Å². The zero-order chi connectivity index (χ0) is 13.3. The molecular weight excluding hydrogens is 234 g/mol. The lowest BCUT2D eigenvalue weighted by Crippen LogP contribution is -1.93. The normalized spacial score (nSPS) is 10.6. The topological polar surface area (TPSA) is 95.2 Å². The summed E-state index contributed by atoms with van der Waals surface area (Å²) in [5, 5.41) is 14.5. The number of hydrogen-bond donors (Lipinski definition) is 1. The minimum absolute atomic E-state index is 0.0209. The number of rotatable bonds is 3. The van der Waals surface area contributed by atoms with E-state index in [0.29, 0.717) is 23.6 Å². The highest BCUT2D eigenvalue weighted by Gasteiger charge is 2.18. The third kappa shape index (κ3) is 1.92. The molecule has 1 aromatic carbocycles. The molecule has 0 unspecified atom stereocenters. The number of non-ortho nitro benzene ring substituents is 1. The van der Waals surface area contributed by atoms with E-state index >= 15 is 0 Å². The Morgan fingerprint density at radius 2 is 2.22 bits per heavy atom. The molecule has 0 saturated carbocycles. The Bertz CT molecular complexity index is 605. The van der Waals surface area contributed by atoms with Crippen LogP contribution >= 0.6 is 0 Å². The minimum Gasteiger partial charge on any atom is -0.381 e. The predicted molar refractivity (Wildman–Crippen MR) is 67.1 cm³/mol. The Kier molecular flexibility index (Phi) is 3.01. The average molecular weight is 247 g/mol. The third-order valence-electron chi connectivity index (χ3n) is 2.85. The molecule has 0 saturated heterocycles. The molecule has 6 heteroatoms. The van der Waals surface area contributed by atoms with E-state index in [1.54, 1.807) is 6.07 Å². The van der Waals surface area contributed by atoms with E-state index in [2.05, 4.69) is 5.16 Å². The first-order chi connectivity index (χ1) is 8.54. The van der Waals surface area contributed by atoms with Crippen LogP contribution < -0.4 is 5.73 Å². The van der Waals surface area contributed by atoms with Crippen molar-refractivity contribution < 1.29 is 9.45 Å². The van der Waals surface area contributed by atoms with E-state index in [1.807, 2.05) is 13.8 Å². The lowest BCUT2D eigenvalue weighted by Gasteiger charge is -2.03. The fraction of sp³-hybridized carbons (Fsp3) is 0.250. The molecule has 6 nitrogen and oxygen atoms in total. The minimum atomic E-state index is -0.436. The molecule has 0 radical (unpaired) electrons. The summed E-state index contributed by atoms with van der Waals surface area (Å²) in [6, 6.07) is 4.63. The second-order valence-corrected chi connectivity index (χ2v) is 3.99. The Morgan fingerprint density at radius 1 is 1.50 bits per heavy atom. The van der Waals surface area contributed by atoms with Crippen molar-refractivity contribution in [2.24, 2.45) is 0 Å². The van der Waals surface area contributed by atoms with Crippen LogP contribution in [0, 0.1) is 17.0 Å². The zero-order valence-electron chi connectivity index (χ0n) is 10.1. The van der Waals surface area contributed by atoms with Crippen LogP contribution in [0.4, 0.5) is 11.5 Å². The number of aromatic nitrogens is 1. The Hall–Kier alpha value is -2.37. The summed E-state index contributed by atoms with van der Waals surface area (Å²) in [5.41, 5.74) is 8.03. The largest absolute Gasteiger partial charge is 0.381 e. The quantitative estimate of drug-likeness (QED) is 0.664. The van der Waals surface area contributed by atoms with E-state index in [4.69, 9.17) is 10.3 Å². The molecule has 0 bridgehead atoms. The van der Waals surface area contributed by atoms with Gasteiger partial charge in [-0.3, -0.25) is 10.1 Å². The van der Waals surface area contributed by atoms with E-state index in [1.165, 1.54) is 12.1 Å². The average Bonchev–Trinajstić information content (AvgIpc) is 2.70. The fourth-order valence-corrected chi connectivity index (χ4v) is 1.84. The number of nitro benzene ring substituents is 1. The maximum absolute atomic E-state index is 10.8. The number of nitrogen functional groups attached to an aromatic ring is 1. The van der Waals surface area contributed by atoms with Gasteiger partial charge in [0.05, 0.1) is 4.92 Å². The van der Waals surface area contributed by atoms with Crippen LogP contribution in [0.1, 0.15) is 18.1 Å². The number of anilines is 1. The van der Waals surface area contributed by atoms with Gasteiger partial charge in [0, 0.05) is 23.3 Å². The second-order valence-electron chi connectivity index (χ2n) is 3.99. The van der Waals surface area contributed by atoms with Crippen LogP contribution in [0.5, 0.6) is 0 Å². The summed E-state index contributed by atoms with van der Waals surface area (Å²) < 4.78 is 5.19. The van der Waals surface area contributed by atoms with E-state index in [9.17, 15) is 10.1 Å². The number of benzene rings is 1. The van der Waals surface area contributed by atoms with Gasteiger partial charge in [0.25, 0.3) is 5.69 Å². The predicted octanol–water partition coefficient (Wildman–Crippen LogP) is 2.70. The SMILES string of the molecule is CCc1c(N)noc1-c1cc([N+](=O)[O-])ccc1C. The highest BCUT2D eigenvalue weighted by molar-refractivity contribution is 5.71. The van der Waals surface area contributed by atoms with Gasteiger partial charge in [0.1, 0.15) is 0 Å². The van der Waals surface area contributed by atoms with Gasteiger partial charge in [-0.2, -0.15) is 0 Å². The molecule has 94 valence electrons. The van der Waals surface area contributed by atoms with Crippen molar-refractivity contribution in [2.75, 3.05) is 5.73 Å². The van der Waals surface area contributed by atoms with Crippen molar-refractivity contribution in [3.63, 3.8) is 0 Å². The van der Waals surface area contributed by atoms with E-state index in [-0.39, 0.29) is 5.69 Å². The number of aryl methyl sites for hydroxylation is 1. The van der Waals surface area contributed by atoms with Crippen LogP contribution in [-0.4, -0.2) is 10.1 Å². The van der Waals surface area contributed by atoms with Crippen molar-refractivity contribution in [1.82, 2.24) is 5.16 Å². The number of hydrogen-bond acceptors (Lipinski definition) is 5. The van der Waals surface area contributed by atoms with Crippen molar-refractivity contribution in [1.29, 1.82) is 0 Å². The second kappa shape index (κ2) is 4.48. The molecule has 0 aliphatic heterocycles. The fourth-order valence-electron chi connectivity index (χ4n) is 1.84. The molecule has 2 rings (SSSR count). The first-order valence-electron chi connectivity index (χ1n) is 5.54. The standard InChI is InChI=1S/C12H13N3O3/c1-3-9-11(18-14-12(9)13)10-6-8(15(16)17)5-4-7(10)2/h4-6H,3H2,1-2H3,(H2,13,14). The molecule has 0 aliphatic carbocycles. The lowest BCUT2D eigenvalue weighted by atomic mass is 10.0. The molecule has 0 aliphatic rings. The van der Waals surface area contributed by atoms with Crippen molar-refractivity contribution >= 4 is 11.5 Å². The van der Waals surface area contributed by atoms with Gasteiger partial charge in [0.15, 0.2) is 11.6 Å². The molecule has 18 heavy (non-hydrogen) atoms. The summed E-state index contributed by atoms with van der Waals surface area (Å²) >= 11 is 0. The number of nitrogens with two attached hydrogens (primary N) is 1.